The van der Waals surface area contributed by atoms with E-state index in [0.717, 1.165) is 48.6 Å². The second kappa shape index (κ2) is 11.5. The standard InChI is InChI=1S/C23H33FN6O2/c1-4-20-19(21(5-2)32-28-20)16-27-23(25-3)26-11-10-22(31)30-14-12-29(13-15-30)18-8-6-17(24)7-9-18/h6-9H,4-5,10-16H2,1-3H3,(H2,25,26,27). The van der Waals surface area contributed by atoms with Gasteiger partial charge >= 0.3 is 0 Å². The highest BCUT2D eigenvalue weighted by molar-refractivity contribution is 5.81. The molecular formula is C23H33FN6O2. The maximum Gasteiger partial charge on any atom is 0.224 e. The lowest BCUT2D eigenvalue weighted by atomic mass is 10.1. The van der Waals surface area contributed by atoms with Crippen LogP contribution >= 0.6 is 0 Å². The molecule has 8 nitrogen and oxygen atoms in total. The molecule has 0 saturated carbocycles. The van der Waals surface area contributed by atoms with Crippen molar-refractivity contribution in [1.29, 1.82) is 0 Å². The monoisotopic (exact) mass is 444 g/mol. The molecule has 2 heterocycles. The van der Waals surface area contributed by atoms with Crippen LogP contribution in [0.4, 0.5) is 10.1 Å². The van der Waals surface area contributed by atoms with Crippen LogP contribution in [0, 0.1) is 5.82 Å². The molecule has 9 heteroatoms. The summed E-state index contributed by atoms with van der Waals surface area (Å²) in [6.45, 7) is 7.99. The van der Waals surface area contributed by atoms with Crippen LogP contribution in [0.5, 0.6) is 0 Å². The molecule has 1 aliphatic heterocycles. The number of aliphatic imine (C=N–C) groups is 1. The quantitative estimate of drug-likeness (QED) is 0.480. The second-order valence-corrected chi connectivity index (χ2v) is 7.68. The number of rotatable bonds is 8. The van der Waals surface area contributed by atoms with Crippen molar-refractivity contribution in [3.05, 3.63) is 47.1 Å². The van der Waals surface area contributed by atoms with Gasteiger partial charge in [0.25, 0.3) is 0 Å². The van der Waals surface area contributed by atoms with Crippen LogP contribution in [0.2, 0.25) is 0 Å². The number of anilines is 1. The minimum absolute atomic E-state index is 0.118. The van der Waals surface area contributed by atoms with Gasteiger partial charge in [0, 0.05) is 70.4 Å². The molecule has 1 aromatic heterocycles. The van der Waals surface area contributed by atoms with Crippen molar-refractivity contribution in [2.45, 2.75) is 39.7 Å². The first-order valence-electron chi connectivity index (χ1n) is 11.2. The first kappa shape index (κ1) is 23.6. The molecule has 32 heavy (non-hydrogen) atoms. The van der Waals surface area contributed by atoms with E-state index in [2.05, 4.69) is 32.6 Å². The number of nitrogens with zero attached hydrogens (tertiary/aromatic N) is 4. The molecule has 1 saturated heterocycles. The third-order valence-electron chi connectivity index (χ3n) is 5.72. The van der Waals surface area contributed by atoms with E-state index in [-0.39, 0.29) is 11.7 Å². The van der Waals surface area contributed by atoms with Gasteiger partial charge in [0.05, 0.1) is 5.69 Å². The molecule has 1 aliphatic rings. The highest BCUT2D eigenvalue weighted by Gasteiger charge is 2.21. The molecule has 174 valence electrons. The van der Waals surface area contributed by atoms with E-state index in [1.807, 2.05) is 11.8 Å². The lowest BCUT2D eigenvalue weighted by Gasteiger charge is -2.36. The van der Waals surface area contributed by atoms with E-state index in [9.17, 15) is 9.18 Å². The number of hydrogen-bond acceptors (Lipinski definition) is 5. The van der Waals surface area contributed by atoms with Crippen LogP contribution in [0.3, 0.4) is 0 Å². The average Bonchev–Trinajstić information content (AvgIpc) is 3.23. The molecule has 0 unspecified atom stereocenters. The van der Waals surface area contributed by atoms with Gasteiger partial charge in [-0.05, 0) is 30.7 Å². The van der Waals surface area contributed by atoms with Crippen molar-refractivity contribution in [3.63, 3.8) is 0 Å². The molecule has 1 fully saturated rings. The van der Waals surface area contributed by atoms with Crippen molar-refractivity contribution in [1.82, 2.24) is 20.7 Å². The first-order valence-corrected chi connectivity index (χ1v) is 11.2. The Hall–Kier alpha value is -3.10. The van der Waals surface area contributed by atoms with Crippen LogP contribution in [0.15, 0.2) is 33.8 Å². The predicted molar refractivity (Wildman–Crippen MR) is 123 cm³/mol. The molecule has 1 aromatic carbocycles. The van der Waals surface area contributed by atoms with Gasteiger partial charge in [-0.25, -0.2) is 4.39 Å². The zero-order valence-electron chi connectivity index (χ0n) is 19.2. The molecule has 0 spiro atoms. The van der Waals surface area contributed by atoms with Crippen LogP contribution in [0.25, 0.3) is 0 Å². The van der Waals surface area contributed by atoms with E-state index in [0.29, 0.717) is 38.6 Å². The van der Waals surface area contributed by atoms with Crippen LogP contribution in [-0.4, -0.2) is 61.7 Å². The molecule has 0 aliphatic carbocycles. The maximum absolute atomic E-state index is 13.1. The van der Waals surface area contributed by atoms with E-state index in [1.54, 1.807) is 19.2 Å². The molecule has 3 rings (SSSR count). The Kier molecular flexibility index (Phi) is 8.47. The Morgan fingerprint density at radius 2 is 1.84 bits per heavy atom. The highest BCUT2D eigenvalue weighted by Crippen LogP contribution is 2.17. The average molecular weight is 445 g/mol. The number of guanidine groups is 1. The minimum atomic E-state index is -0.238. The van der Waals surface area contributed by atoms with Crippen molar-refractivity contribution >= 4 is 17.6 Å². The molecule has 0 bridgehead atoms. The zero-order valence-corrected chi connectivity index (χ0v) is 19.2. The Balaban J connectivity index is 1.40. The molecular weight excluding hydrogens is 411 g/mol. The SMILES string of the molecule is CCc1noc(CC)c1CNC(=NC)NCCC(=O)N1CCN(c2ccc(F)cc2)CC1. The van der Waals surface area contributed by atoms with E-state index in [4.69, 9.17) is 4.52 Å². The van der Waals surface area contributed by atoms with Gasteiger partial charge in [0.1, 0.15) is 11.6 Å². The summed E-state index contributed by atoms with van der Waals surface area (Å²) < 4.78 is 18.5. The molecule has 0 atom stereocenters. The fraction of sp³-hybridized carbons (Fsp3) is 0.522. The summed E-state index contributed by atoms with van der Waals surface area (Å²) in [4.78, 5) is 20.9. The number of aryl methyl sites for hydroxylation is 2. The largest absolute Gasteiger partial charge is 0.368 e. The summed E-state index contributed by atoms with van der Waals surface area (Å²) >= 11 is 0. The number of halogens is 1. The third kappa shape index (κ3) is 5.99. The number of carbonyl (C=O) groups excluding carboxylic acids is 1. The Bertz CT molecular complexity index is 882. The topological polar surface area (TPSA) is 86.0 Å². The van der Waals surface area contributed by atoms with Gasteiger partial charge in [-0.1, -0.05) is 19.0 Å². The molecule has 0 radical (unpaired) electrons. The van der Waals surface area contributed by atoms with Crippen molar-refractivity contribution in [3.8, 4) is 0 Å². The van der Waals surface area contributed by atoms with Gasteiger partial charge in [0.2, 0.25) is 5.91 Å². The molecule has 2 aromatic rings. The van der Waals surface area contributed by atoms with Crippen molar-refractivity contribution in [2.24, 2.45) is 4.99 Å². The number of aromatic nitrogens is 1. The number of nitrogens with one attached hydrogen (secondary N) is 2. The van der Waals surface area contributed by atoms with Gasteiger partial charge in [0.15, 0.2) is 5.96 Å². The minimum Gasteiger partial charge on any atom is -0.368 e. The Morgan fingerprint density at radius 3 is 2.47 bits per heavy atom. The summed E-state index contributed by atoms with van der Waals surface area (Å²) in [5.41, 5.74) is 3.02. The number of benzene rings is 1. The zero-order chi connectivity index (χ0) is 22.9. The first-order chi connectivity index (χ1) is 15.5. The number of hydrogen-bond donors (Lipinski definition) is 2. The van der Waals surface area contributed by atoms with Gasteiger partial charge in [-0.15, -0.1) is 0 Å². The summed E-state index contributed by atoms with van der Waals surface area (Å²) in [5.74, 6) is 1.41. The summed E-state index contributed by atoms with van der Waals surface area (Å²) in [6.07, 6.45) is 2.00. The summed E-state index contributed by atoms with van der Waals surface area (Å²) in [7, 11) is 1.71. The lowest BCUT2D eigenvalue weighted by molar-refractivity contribution is -0.131. The Labute approximate surface area is 188 Å². The molecule has 1 amide bonds. The van der Waals surface area contributed by atoms with Crippen molar-refractivity contribution in [2.75, 3.05) is 44.7 Å². The van der Waals surface area contributed by atoms with Crippen LogP contribution < -0.4 is 15.5 Å². The fourth-order valence-corrected chi connectivity index (χ4v) is 3.84. The second-order valence-electron chi connectivity index (χ2n) is 7.68. The highest BCUT2D eigenvalue weighted by atomic mass is 19.1. The van der Waals surface area contributed by atoms with Gasteiger partial charge < -0.3 is 25.0 Å². The van der Waals surface area contributed by atoms with E-state index < -0.39 is 0 Å². The predicted octanol–water partition coefficient (Wildman–Crippen LogP) is 2.34. The normalized spacial score (nSPS) is 14.6. The van der Waals surface area contributed by atoms with Crippen LogP contribution in [-0.2, 0) is 24.2 Å². The molecule has 2 N–H and O–H groups in total. The van der Waals surface area contributed by atoms with Gasteiger partial charge in [-0.2, -0.15) is 0 Å². The van der Waals surface area contributed by atoms with Crippen molar-refractivity contribution < 1.29 is 13.7 Å². The smallest absolute Gasteiger partial charge is 0.224 e. The summed E-state index contributed by atoms with van der Waals surface area (Å²) in [6, 6.07) is 6.49. The lowest BCUT2D eigenvalue weighted by Crippen LogP contribution is -2.49. The number of amides is 1. The Morgan fingerprint density at radius 1 is 1.12 bits per heavy atom. The van der Waals surface area contributed by atoms with Gasteiger partial charge in [-0.3, -0.25) is 9.79 Å². The summed E-state index contributed by atoms with van der Waals surface area (Å²) in [5, 5.41) is 10.6. The fourth-order valence-electron chi connectivity index (χ4n) is 3.84. The number of carbonyl (C=O) groups is 1. The van der Waals surface area contributed by atoms with Crippen LogP contribution in [0.1, 0.15) is 37.3 Å². The van der Waals surface area contributed by atoms with E-state index >= 15 is 0 Å². The maximum atomic E-state index is 13.1. The third-order valence-corrected chi connectivity index (χ3v) is 5.72. The number of piperazine rings is 1. The van der Waals surface area contributed by atoms with E-state index in [1.165, 1.54) is 12.1 Å².